The highest BCUT2D eigenvalue weighted by molar-refractivity contribution is 7.18. The molecule has 0 spiro atoms. The van der Waals surface area contributed by atoms with E-state index in [0.717, 1.165) is 16.8 Å². The number of thiazole rings is 1. The molecule has 4 nitrogen and oxygen atoms in total. The van der Waals surface area contributed by atoms with Gasteiger partial charge in [0, 0.05) is 11.3 Å². The predicted molar refractivity (Wildman–Crippen MR) is 95.6 cm³/mol. The summed E-state index contributed by atoms with van der Waals surface area (Å²) >= 11 is 1.28. The highest BCUT2D eigenvalue weighted by atomic mass is 32.1. The lowest BCUT2D eigenvalue weighted by Gasteiger charge is -2.07. The number of benzene rings is 2. The van der Waals surface area contributed by atoms with Gasteiger partial charge in [-0.25, -0.2) is 4.98 Å². The summed E-state index contributed by atoms with van der Waals surface area (Å²) in [5, 5.41) is 3.88. The van der Waals surface area contributed by atoms with Crippen LogP contribution >= 0.6 is 11.3 Å². The second-order valence-corrected chi connectivity index (χ2v) is 6.37. The minimum atomic E-state index is -0.102. The Morgan fingerprint density at radius 3 is 2.61 bits per heavy atom. The maximum Gasteiger partial charge on any atom is 0.206 e. The summed E-state index contributed by atoms with van der Waals surface area (Å²) in [7, 11) is 0. The number of aromatic nitrogens is 1. The summed E-state index contributed by atoms with van der Waals surface area (Å²) in [5.74, 6) is 0.159. The molecule has 3 aromatic rings. The Morgan fingerprint density at radius 2 is 1.87 bits per heavy atom. The lowest BCUT2D eigenvalue weighted by molar-refractivity contribution is 0.104. The van der Waals surface area contributed by atoms with Crippen molar-refractivity contribution in [3.05, 3.63) is 70.1 Å². The van der Waals surface area contributed by atoms with Gasteiger partial charge in [-0.15, -0.1) is 0 Å². The van der Waals surface area contributed by atoms with Gasteiger partial charge in [0.1, 0.15) is 10.7 Å². The van der Waals surface area contributed by atoms with Crippen molar-refractivity contribution < 1.29 is 4.79 Å². The first-order chi connectivity index (χ1) is 11.0. The van der Waals surface area contributed by atoms with Crippen LogP contribution in [-0.4, -0.2) is 10.8 Å². The average molecular weight is 323 g/mol. The molecular weight excluding hydrogens is 306 g/mol. The van der Waals surface area contributed by atoms with Gasteiger partial charge in [0.2, 0.25) is 5.78 Å². The zero-order chi connectivity index (χ0) is 16.4. The second-order valence-electron chi connectivity index (χ2n) is 5.37. The number of aryl methyl sites for hydroxylation is 2. The Morgan fingerprint density at radius 1 is 1.13 bits per heavy atom. The van der Waals surface area contributed by atoms with Crippen molar-refractivity contribution in [2.24, 2.45) is 0 Å². The zero-order valence-corrected chi connectivity index (χ0v) is 13.8. The lowest BCUT2D eigenvalue weighted by Crippen LogP contribution is -2.02. The first-order valence-corrected chi connectivity index (χ1v) is 8.06. The van der Waals surface area contributed by atoms with E-state index >= 15 is 0 Å². The van der Waals surface area contributed by atoms with Crippen LogP contribution in [0, 0.1) is 13.8 Å². The van der Waals surface area contributed by atoms with Gasteiger partial charge in [0.25, 0.3) is 0 Å². The molecule has 1 aromatic heterocycles. The Hall–Kier alpha value is -2.66. The number of hydrogen-bond donors (Lipinski definition) is 2. The molecule has 0 unspecified atom stereocenters. The van der Waals surface area contributed by atoms with Gasteiger partial charge >= 0.3 is 0 Å². The first-order valence-electron chi connectivity index (χ1n) is 7.25. The summed E-state index contributed by atoms with van der Waals surface area (Å²) in [6.45, 7) is 4.06. The van der Waals surface area contributed by atoms with E-state index in [1.807, 2.05) is 44.2 Å². The molecule has 0 fully saturated rings. The van der Waals surface area contributed by atoms with Gasteiger partial charge in [-0.1, -0.05) is 53.8 Å². The molecule has 0 bridgehead atoms. The molecular formula is C18H17N3OS. The van der Waals surface area contributed by atoms with E-state index in [9.17, 15) is 4.79 Å². The van der Waals surface area contributed by atoms with Crippen LogP contribution < -0.4 is 11.1 Å². The number of carbonyl (C=O) groups is 1. The average Bonchev–Trinajstić information content (AvgIpc) is 2.91. The monoisotopic (exact) mass is 323 g/mol. The van der Waals surface area contributed by atoms with Crippen LogP contribution in [0.1, 0.15) is 26.4 Å². The van der Waals surface area contributed by atoms with Crippen molar-refractivity contribution in [3.63, 3.8) is 0 Å². The quantitative estimate of drug-likeness (QED) is 0.702. The Kier molecular flexibility index (Phi) is 4.12. The summed E-state index contributed by atoms with van der Waals surface area (Å²) in [6, 6.07) is 15.2. The number of nitrogens with two attached hydrogens (primary N) is 1. The molecule has 2 aromatic carbocycles. The van der Waals surface area contributed by atoms with Crippen LogP contribution in [0.5, 0.6) is 0 Å². The van der Waals surface area contributed by atoms with Crippen LogP contribution in [0.4, 0.5) is 16.6 Å². The fraction of sp³-hybridized carbons (Fsp3) is 0.111. The highest BCUT2D eigenvalue weighted by Crippen LogP contribution is 2.30. The molecule has 0 radical (unpaired) electrons. The molecule has 0 atom stereocenters. The number of ketones is 1. The number of rotatable bonds is 4. The van der Waals surface area contributed by atoms with Crippen LogP contribution in [0.25, 0.3) is 0 Å². The zero-order valence-electron chi connectivity index (χ0n) is 13.0. The van der Waals surface area contributed by atoms with E-state index in [-0.39, 0.29) is 11.6 Å². The van der Waals surface area contributed by atoms with Crippen molar-refractivity contribution in [1.29, 1.82) is 0 Å². The third kappa shape index (κ3) is 3.24. The Bertz CT molecular complexity index is 856. The number of hydrogen-bond acceptors (Lipinski definition) is 5. The van der Waals surface area contributed by atoms with Gasteiger partial charge < -0.3 is 11.1 Å². The first kappa shape index (κ1) is 15.2. The Balaban J connectivity index is 1.89. The number of nitrogens with zero attached hydrogens (tertiary/aromatic N) is 1. The van der Waals surface area contributed by atoms with E-state index in [4.69, 9.17) is 5.73 Å². The molecule has 5 heteroatoms. The molecule has 3 N–H and O–H groups in total. The van der Waals surface area contributed by atoms with Gasteiger partial charge in [-0.2, -0.15) is 0 Å². The van der Waals surface area contributed by atoms with E-state index in [1.165, 1.54) is 11.3 Å². The largest absolute Gasteiger partial charge is 0.382 e. The molecule has 0 aliphatic carbocycles. The van der Waals surface area contributed by atoms with Crippen molar-refractivity contribution in [2.45, 2.75) is 13.8 Å². The number of carbonyl (C=O) groups excluding carboxylic acids is 1. The molecule has 3 rings (SSSR count). The van der Waals surface area contributed by atoms with Crippen LogP contribution in [0.15, 0.2) is 48.5 Å². The van der Waals surface area contributed by atoms with Gasteiger partial charge in [0.05, 0.1) is 0 Å². The van der Waals surface area contributed by atoms with Gasteiger partial charge in [0.15, 0.2) is 5.13 Å². The maximum absolute atomic E-state index is 12.5. The summed E-state index contributed by atoms with van der Waals surface area (Å²) in [6.07, 6.45) is 0. The predicted octanol–water partition coefficient (Wildman–Crippen LogP) is 4.32. The van der Waals surface area contributed by atoms with Crippen molar-refractivity contribution in [1.82, 2.24) is 4.98 Å². The third-order valence-corrected chi connectivity index (χ3v) is 4.52. The molecule has 0 amide bonds. The van der Waals surface area contributed by atoms with Crippen molar-refractivity contribution >= 4 is 33.8 Å². The summed E-state index contributed by atoms with van der Waals surface area (Å²) in [4.78, 5) is 17.3. The summed E-state index contributed by atoms with van der Waals surface area (Å²) in [5.41, 5.74) is 9.79. The minimum Gasteiger partial charge on any atom is -0.382 e. The second kappa shape index (κ2) is 6.22. The fourth-order valence-electron chi connectivity index (χ4n) is 2.25. The molecule has 23 heavy (non-hydrogen) atoms. The van der Waals surface area contributed by atoms with Crippen molar-refractivity contribution in [2.75, 3.05) is 11.1 Å². The smallest absolute Gasteiger partial charge is 0.206 e. The van der Waals surface area contributed by atoms with E-state index < -0.39 is 0 Å². The molecule has 1 heterocycles. The van der Waals surface area contributed by atoms with E-state index in [2.05, 4.69) is 16.4 Å². The lowest BCUT2D eigenvalue weighted by atomic mass is 10.1. The molecule has 0 saturated carbocycles. The maximum atomic E-state index is 12.5. The fourth-order valence-corrected chi connectivity index (χ4v) is 3.11. The normalized spacial score (nSPS) is 10.5. The third-order valence-electron chi connectivity index (χ3n) is 3.53. The van der Waals surface area contributed by atoms with E-state index in [1.54, 1.807) is 12.1 Å². The molecule has 0 aliphatic rings. The molecule has 0 aliphatic heterocycles. The number of anilines is 3. The van der Waals surface area contributed by atoms with Crippen molar-refractivity contribution in [3.8, 4) is 0 Å². The molecule has 0 saturated heterocycles. The highest BCUT2D eigenvalue weighted by Gasteiger charge is 2.18. The van der Waals surface area contributed by atoms with Gasteiger partial charge in [-0.3, -0.25) is 4.79 Å². The molecule has 116 valence electrons. The van der Waals surface area contributed by atoms with Crippen LogP contribution in [0.2, 0.25) is 0 Å². The van der Waals surface area contributed by atoms with E-state index in [0.29, 0.717) is 15.6 Å². The number of nitrogen functional groups attached to an aromatic ring is 1. The van der Waals surface area contributed by atoms with Gasteiger partial charge in [-0.05, 0) is 31.0 Å². The summed E-state index contributed by atoms with van der Waals surface area (Å²) < 4.78 is 0. The number of nitrogens with one attached hydrogen (secondary N) is 1. The standard InChI is InChI=1S/C18H17N3OS/c1-11-8-9-12(2)14(10-11)20-18-21-17(19)16(23-18)15(22)13-6-4-3-5-7-13/h3-10H,19H2,1-2H3,(H,20,21). The SMILES string of the molecule is Cc1ccc(C)c(Nc2nc(N)c(C(=O)c3ccccc3)s2)c1. The van der Waals surface area contributed by atoms with Crippen LogP contribution in [-0.2, 0) is 0 Å². The van der Waals surface area contributed by atoms with Crippen LogP contribution in [0.3, 0.4) is 0 Å². The topological polar surface area (TPSA) is 68.0 Å². The minimum absolute atomic E-state index is 0.102. The Labute approximate surface area is 139 Å².